The molecule has 0 saturated carbocycles. The minimum absolute atomic E-state index is 0.0581. The van der Waals surface area contributed by atoms with Crippen molar-refractivity contribution < 1.29 is 8.78 Å². The van der Waals surface area contributed by atoms with Crippen LogP contribution < -0.4 is 5.32 Å². The van der Waals surface area contributed by atoms with Gasteiger partial charge in [0.05, 0.1) is 28.9 Å². The molecule has 0 aliphatic rings. The Kier molecular flexibility index (Phi) is 4.21. The summed E-state index contributed by atoms with van der Waals surface area (Å²) in [5.41, 5.74) is 0.703. The van der Waals surface area contributed by atoms with Crippen LogP contribution in [0.25, 0.3) is 0 Å². The van der Waals surface area contributed by atoms with Gasteiger partial charge in [-0.05, 0) is 18.2 Å². The molecule has 2 rings (SSSR count). The Labute approximate surface area is 120 Å². The predicted molar refractivity (Wildman–Crippen MR) is 75.0 cm³/mol. The van der Waals surface area contributed by atoms with Gasteiger partial charge in [-0.15, -0.1) is 0 Å². The van der Waals surface area contributed by atoms with Gasteiger partial charge in [-0.25, -0.2) is 0 Å². The molecule has 0 atom stereocenters. The molecule has 2 aromatic carbocycles. The molecule has 5 heteroatoms. The molecular weight excluding hydrogens is 282 g/mol. The second-order valence-corrected chi connectivity index (χ2v) is 4.64. The Morgan fingerprint density at radius 3 is 2.45 bits per heavy atom. The zero-order valence-electron chi connectivity index (χ0n) is 10.4. The van der Waals surface area contributed by atoms with E-state index in [1.54, 1.807) is 18.2 Å². The quantitative estimate of drug-likeness (QED) is 0.905. The summed E-state index contributed by atoms with van der Waals surface area (Å²) < 4.78 is 27.9. The van der Waals surface area contributed by atoms with E-state index in [0.717, 1.165) is 0 Å². The standard InChI is InChI=1S/C15H11ClF2N2/c16-13-8-11(9-19)6-7-14(13)20-10-15(17,18)12-4-2-1-3-5-12/h1-8,20H,10H2. The van der Waals surface area contributed by atoms with Crippen molar-refractivity contribution in [1.29, 1.82) is 5.26 Å². The van der Waals surface area contributed by atoms with Crippen molar-refractivity contribution in [2.45, 2.75) is 5.92 Å². The summed E-state index contributed by atoms with van der Waals surface area (Å²) in [6, 6.07) is 14.0. The Balaban J connectivity index is 2.11. The highest BCUT2D eigenvalue weighted by Gasteiger charge is 2.31. The Hall–Kier alpha value is -2.12. The molecule has 1 N–H and O–H groups in total. The van der Waals surface area contributed by atoms with Gasteiger partial charge in [-0.2, -0.15) is 14.0 Å². The summed E-state index contributed by atoms with van der Waals surface area (Å²) in [4.78, 5) is 0. The molecule has 2 aromatic rings. The summed E-state index contributed by atoms with van der Waals surface area (Å²) in [7, 11) is 0. The number of nitriles is 1. The first-order valence-electron chi connectivity index (χ1n) is 5.90. The topological polar surface area (TPSA) is 35.8 Å². The van der Waals surface area contributed by atoms with Gasteiger partial charge in [0.1, 0.15) is 0 Å². The van der Waals surface area contributed by atoms with E-state index in [1.807, 2.05) is 6.07 Å². The second-order valence-electron chi connectivity index (χ2n) is 4.23. The lowest BCUT2D eigenvalue weighted by molar-refractivity contribution is 0.0106. The van der Waals surface area contributed by atoms with Crippen molar-refractivity contribution in [1.82, 2.24) is 0 Å². The smallest absolute Gasteiger partial charge is 0.290 e. The minimum Gasteiger partial charge on any atom is -0.377 e. The molecule has 0 fully saturated rings. The maximum atomic E-state index is 14.0. The monoisotopic (exact) mass is 292 g/mol. The molecule has 2 nitrogen and oxygen atoms in total. The van der Waals surface area contributed by atoms with Crippen LogP contribution >= 0.6 is 11.6 Å². The molecule has 0 spiro atoms. The summed E-state index contributed by atoms with van der Waals surface area (Å²) in [5, 5.41) is 11.6. The predicted octanol–water partition coefficient (Wildman–Crippen LogP) is 4.42. The first kappa shape index (κ1) is 14.3. The van der Waals surface area contributed by atoms with Gasteiger partial charge in [0.2, 0.25) is 0 Å². The summed E-state index contributed by atoms with van der Waals surface area (Å²) in [6.07, 6.45) is 0. The van der Waals surface area contributed by atoms with Crippen molar-refractivity contribution in [2.24, 2.45) is 0 Å². The van der Waals surface area contributed by atoms with Crippen molar-refractivity contribution >= 4 is 17.3 Å². The summed E-state index contributed by atoms with van der Waals surface area (Å²) in [5.74, 6) is -3.00. The van der Waals surface area contributed by atoms with Crippen LogP contribution in [0.5, 0.6) is 0 Å². The van der Waals surface area contributed by atoms with E-state index >= 15 is 0 Å². The molecule has 0 aromatic heterocycles. The van der Waals surface area contributed by atoms with Crippen LogP contribution in [-0.2, 0) is 5.92 Å². The molecule has 20 heavy (non-hydrogen) atoms. The van der Waals surface area contributed by atoms with Crippen LogP contribution in [-0.4, -0.2) is 6.54 Å². The number of nitrogens with zero attached hydrogens (tertiary/aromatic N) is 1. The van der Waals surface area contributed by atoms with E-state index in [4.69, 9.17) is 16.9 Å². The first-order valence-corrected chi connectivity index (χ1v) is 6.27. The van der Waals surface area contributed by atoms with Gasteiger partial charge in [0.15, 0.2) is 0 Å². The van der Waals surface area contributed by atoms with Gasteiger partial charge in [-0.1, -0.05) is 41.9 Å². The van der Waals surface area contributed by atoms with Gasteiger partial charge in [0.25, 0.3) is 5.92 Å². The maximum Gasteiger partial charge on any atom is 0.290 e. The average molecular weight is 293 g/mol. The van der Waals surface area contributed by atoms with Crippen LogP contribution in [0, 0.1) is 11.3 Å². The Morgan fingerprint density at radius 2 is 1.85 bits per heavy atom. The molecule has 0 aliphatic heterocycles. The van der Waals surface area contributed by atoms with Crippen molar-refractivity contribution in [3.8, 4) is 6.07 Å². The fraction of sp³-hybridized carbons (Fsp3) is 0.133. The van der Waals surface area contributed by atoms with E-state index in [0.29, 0.717) is 11.3 Å². The van der Waals surface area contributed by atoms with E-state index in [2.05, 4.69) is 5.32 Å². The molecule has 0 heterocycles. The summed E-state index contributed by atoms with van der Waals surface area (Å²) in [6.45, 7) is -0.567. The fourth-order valence-corrected chi connectivity index (χ4v) is 1.97. The highest BCUT2D eigenvalue weighted by atomic mass is 35.5. The maximum absolute atomic E-state index is 14.0. The zero-order chi connectivity index (χ0) is 14.6. The van der Waals surface area contributed by atoms with E-state index in [-0.39, 0.29) is 10.6 Å². The largest absolute Gasteiger partial charge is 0.377 e. The first-order chi connectivity index (χ1) is 9.53. The average Bonchev–Trinajstić information content (AvgIpc) is 2.47. The molecule has 102 valence electrons. The number of nitrogens with one attached hydrogen (secondary N) is 1. The Bertz CT molecular complexity index is 636. The van der Waals surface area contributed by atoms with Crippen LogP contribution in [0.15, 0.2) is 48.5 Å². The van der Waals surface area contributed by atoms with Gasteiger partial charge in [0, 0.05) is 5.56 Å². The number of rotatable bonds is 4. The number of hydrogen-bond acceptors (Lipinski definition) is 2. The lowest BCUT2D eigenvalue weighted by Crippen LogP contribution is -2.24. The molecule has 0 aliphatic carbocycles. The highest BCUT2D eigenvalue weighted by molar-refractivity contribution is 6.33. The number of halogens is 3. The van der Waals surface area contributed by atoms with Crippen LogP contribution in [0.2, 0.25) is 5.02 Å². The van der Waals surface area contributed by atoms with E-state index in [9.17, 15) is 8.78 Å². The molecule has 0 saturated heterocycles. The second kappa shape index (κ2) is 5.89. The van der Waals surface area contributed by atoms with Gasteiger partial charge in [-0.3, -0.25) is 0 Å². The third-order valence-electron chi connectivity index (χ3n) is 2.80. The van der Waals surface area contributed by atoms with E-state index < -0.39 is 12.5 Å². The van der Waals surface area contributed by atoms with Crippen molar-refractivity contribution in [3.63, 3.8) is 0 Å². The molecular formula is C15H11ClF2N2. The van der Waals surface area contributed by atoms with E-state index in [1.165, 1.54) is 30.3 Å². The van der Waals surface area contributed by atoms with Crippen LogP contribution in [0.3, 0.4) is 0 Å². The summed E-state index contributed by atoms with van der Waals surface area (Å²) >= 11 is 5.92. The van der Waals surface area contributed by atoms with Gasteiger partial charge >= 0.3 is 0 Å². The molecule has 0 bridgehead atoms. The third kappa shape index (κ3) is 3.25. The number of benzene rings is 2. The van der Waals surface area contributed by atoms with Crippen LogP contribution in [0.4, 0.5) is 14.5 Å². The van der Waals surface area contributed by atoms with Crippen molar-refractivity contribution in [2.75, 3.05) is 11.9 Å². The minimum atomic E-state index is -3.00. The van der Waals surface area contributed by atoms with Crippen LogP contribution in [0.1, 0.15) is 11.1 Å². The zero-order valence-corrected chi connectivity index (χ0v) is 11.2. The normalized spacial score (nSPS) is 10.9. The Morgan fingerprint density at radius 1 is 1.15 bits per heavy atom. The fourth-order valence-electron chi connectivity index (χ4n) is 1.72. The third-order valence-corrected chi connectivity index (χ3v) is 3.11. The highest BCUT2D eigenvalue weighted by Crippen LogP contribution is 2.30. The molecule has 0 radical (unpaired) electrons. The molecule has 0 amide bonds. The lowest BCUT2D eigenvalue weighted by Gasteiger charge is -2.18. The lowest BCUT2D eigenvalue weighted by atomic mass is 10.1. The number of hydrogen-bond donors (Lipinski definition) is 1. The van der Waals surface area contributed by atoms with Crippen molar-refractivity contribution in [3.05, 3.63) is 64.7 Å². The number of anilines is 1. The molecule has 0 unspecified atom stereocenters. The SMILES string of the molecule is N#Cc1ccc(NCC(F)(F)c2ccccc2)c(Cl)c1. The van der Waals surface area contributed by atoms with Gasteiger partial charge < -0.3 is 5.32 Å². The number of alkyl halides is 2.